The van der Waals surface area contributed by atoms with Crippen molar-refractivity contribution in [3.63, 3.8) is 0 Å². The van der Waals surface area contributed by atoms with E-state index < -0.39 is 16.6 Å². The van der Waals surface area contributed by atoms with Gasteiger partial charge in [-0.2, -0.15) is 4.98 Å². The minimum atomic E-state index is -1.54. The monoisotopic (exact) mass is 500 g/mol. The van der Waals surface area contributed by atoms with Crippen LogP contribution in [0.25, 0.3) is 0 Å². The van der Waals surface area contributed by atoms with Crippen molar-refractivity contribution in [2.75, 3.05) is 27.2 Å². The molecule has 2 atom stereocenters. The van der Waals surface area contributed by atoms with Crippen LogP contribution >= 0.6 is 0 Å². The van der Waals surface area contributed by atoms with E-state index in [1.165, 1.54) is 12.7 Å². The second-order valence-corrected chi connectivity index (χ2v) is 10.9. The molecule has 2 aromatic heterocycles. The van der Waals surface area contributed by atoms with Crippen LogP contribution in [0.3, 0.4) is 0 Å². The predicted molar refractivity (Wildman–Crippen MR) is 143 cm³/mol. The lowest BCUT2D eigenvalue weighted by atomic mass is 9.62. The lowest BCUT2D eigenvalue weighted by Gasteiger charge is -2.55. The Hall–Kier alpha value is -3.31. The van der Waals surface area contributed by atoms with Crippen LogP contribution in [-0.4, -0.2) is 57.3 Å². The highest BCUT2D eigenvalue weighted by Crippen LogP contribution is 2.50. The number of aryl methyl sites for hydroxylation is 1. The Morgan fingerprint density at radius 2 is 1.73 bits per heavy atom. The quantitative estimate of drug-likeness (QED) is 0.498. The van der Waals surface area contributed by atoms with Crippen molar-refractivity contribution in [2.24, 2.45) is 5.41 Å². The van der Waals surface area contributed by atoms with Crippen molar-refractivity contribution in [2.45, 2.75) is 51.7 Å². The third kappa shape index (κ3) is 5.10. The Morgan fingerprint density at radius 3 is 2.32 bits per heavy atom. The van der Waals surface area contributed by atoms with Crippen molar-refractivity contribution in [3.05, 3.63) is 82.4 Å². The van der Waals surface area contributed by atoms with Gasteiger partial charge >= 0.3 is 6.01 Å². The van der Waals surface area contributed by atoms with Gasteiger partial charge in [-0.1, -0.05) is 56.9 Å². The van der Waals surface area contributed by atoms with Crippen LogP contribution in [0.15, 0.2) is 48.8 Å². The van der Waals surface area contributed by atoms with Crippen LogP contribution in [0, 0.1) is 24.2 Å². The minimum Gasteiger partial charge on any atom is -0.467 e. The van der Waals surface area contributed by atoms with Gasteiger partial charge in [-0.25, -0.2) is 4.98 Å². The van der Waals surface area contributed by atoms with Crippen molar-refractivity contribution in [3.8, 4) is 17.9 Å². The van der Waals surface area contributed by atoms with E-state index in [9.17, 15) is 10.2 Å². The molecule has 0 bridgehead atoms. The van der Waals surface area contributed by atoms with Gasteiger partial charge < -0.3 is 19.8 Å². The molecular weight excluding hydrogens is 464 g/mol. The molecule has 1 aromatic carbocycles. The molecule has 2 N–H and O–H groups in total. The maximum Gasteiger partial charge on any atom is 0.316 e. The van der Waals surface area contributed by atoms with Crippen LogP contribution in [0.1, 0.15) is 67.3 Å². The molecule has 0 radical (unpaired) electrons. The summed E-state index contributed by atoms with van der Waals surface area (Å²) in [6.45, 7) is 11.3. The largest absolute Gasteiger partial charge is 0.467 e. The number of likely N-dealkylation sites (tertiary alicyclic amines) is 1. The van der Waals surface area contributed by atoms with E-state index in [4.69, 9.17) is 4.74 Å². The minimum absolute atomic E-state index is 0.174. The van der Waals surface area contributed by atoms with Gasteiger partial charge in [-0.05, 0) is 50.1 Å². The van der Waals surface area contributed by atoms with E-state index in [0.717, 1.165) is 18.7 Å². The molecule has 0 saturated carbocycles. The molecule has 0 aliphatic carbocycles. The van der Waals surface area contributed by atoms with Crippen molar-refractivity contribution in [1.82, 2.24) is 19.9 Å². The number of benzene rings is 1. The van der Waals surface area contributed by atoms with Gasteiger partial charge in [-0.15, -0.1) is 0 Å². The van der Waals surface area contributed by atoms with E-state index in [1.54, 1.807) is 32.3 Å². The number of nitrogens with zero attached hydrogens (tertiary/aromatic N) is 4. The van der Waals surface area contributed by atoms with E-state index >= 15 is 0 Å². The van der Waals surface area contributed by atoms with Crippen LogP contribution < -0.4 is 4.74 Å². The molecule has 3 heterocycles. The first-order valence-electron chi connectivity index (χ1n) is 12.5. The summed E-state index contributed by atoms with van der Waals surface area (Å²) in [4.78, 5) is 15.1. The second kappa shape index (κ2) is 9.86. The van der Waals surface area contributed by atoms with E-state index in [-0.39, 0.29) is 6.01 Å². The number of hydrogen-bond donors (Lipinski definition) is 2. The first-order chi connectivity index (χ1) is 17.4. The summed E-state index contributed by atoms with van der Waals surface area (Å²) in [5, 5.41) is 23.5. The van der Waals surface area contributed by atoms with Crippen molar-refractivity contribution >= 4 is 0 Å². The Labute approximate surface area is 219 Å². The maximum absolute atomic E-state index is 12.4. The van der Waals surface area contributed by atoms with Gasteiger partial charge in [0.1, 0.15) is 5.60 Å². The summed E-state index contributed by atoms with van der Waals surface area (Å²) >= 11 is 0. The summed E-state index contributed by atoms with van der Waals surface area (Å²) in [5.74, 6) is 6.35. The number of pyridine rings is 1. The number of methoxy groups -OCH3 is 1. The van der Waals surface area contributed by atoms with Gasteiger partial charge in [0.2, 0.25) is 0 Å². The molecule has 194 valence electrons. The molecule has 2 unspecified atom stereocenters. The summed E-state index contributed by atoms with van der Waals surface area (Å²) in [6.07, 6.45) is 3.35. The first-order valence-corrected chi connectivity index (χ1v) is 12.5. The molecule has 1 aliphatic rings. The van der Waals surface area contributed by atoms with E-state index in [0.29, 0.717) is 28.4 Å². The lowest BCUT2D eigenvalue weighted by molar-refractivity contribution is -0.127. The third-order valence-electron chi connectivity index (χ3n) is 7.23. The van der Waals surface area contributed by atoms with Gasteiger partial charge in [0.25, 0.3) is 0 Å². The van der Waals surface area contributed by atoms with Crippen LogP contribution in [0.5, 0.6) is 6.01 Å². The zero-order chi connectivity index (χ0) is 27.0. The highest BCUT2D eigenvalue weighted by atomic mass is 16.5. The van der Waals surface area contributed by atoms with Crippen LogP contribution in [-0.2, 0) is 11.2 Å². The molecule has 7 heteroatoms. The predicted octanol–water partition coefficient (Wildman–Crippen LogP) is 3.76. The van der Waals surface area contributed by atoms with Gasteiger partial charge in [0, 0.05) is 47.7 Å². The first kappa shape index (κ1) is 26.7. The molecule has 7 nitrogen and oxygen atoms in total. The second-order valence-electron chi connectivity index (χ2n) is 10.9. The standard InChI is InChI=1S/C30H36N4O3/c1-20(2)23-8-10-24(11-9-23)30(36,28(4)18-34(6)19-28)25-15-22(16-31-17-25)12-13-29(5,35)26-14-21(3)32-27(33-26)37-7/h8-11,14-17,20,35-36H,18-19H2,1-7H3. The average molecular weight is 501 g/mol. The smallest absolute Gasteiger partial charge is 0.316 e. The molecule has 3 aromatic rings. The fraction of sp³-hybridized carbons (Fsp3) is 0.433. The molecule has 0 spiro atoms. The summed E-state index contributed by atoms with van der Waals surface area (Å²) in [6, 6.07) is 11.9. The van der Waals surface area contributed by atoms with E-state index in [2.05, 4.69) is 71.6 Å². The highest BCUT2D eigenvalue weighted by Gasteiger charge is 2.55. The topological polar surface area (TPSA) is 91.6 Å². The number of aromatic nitrogens is 3. The summed E-state index contributed by atoms with van der Waals surface area (Å²) in [5.41, 5.74) is 1.11. The molecule has 1 saturated heterocycles. The Bertz CT molecular complexity index is 1330. The fourth-order valence-electron chi connectivity index (χ4n) is 5.19. The fourth-order valence-corrected chi connectivity index (χ4v) is 5.19. The molecule has 1 fully saturated rings. The SMILES string of the molecule is COc1nc(C)cc(C(C)(O)C#Cc2cncc(C(O)(c3ccc(C(C)C)cc3)C3(C)CN(C)C3)c2)n1. The molecule has 4 rings (SSSR count). The zero-order valence-electron chi connectivity index (χ0n) is 22.7. The van der Waals surface area contributed by atoms with Gasteiger partial charge in [-0.3, -0.25) is 4.98 Å². The van der Waals surface area contributed by atoms with Crippen molar-refractivity contribution < 1.29 is 14.9 Å². The van der Waals surface area contributed by atoms with Crippen molar-refractivity contribution in [1.29, 1.82) is 0 Å². The lowest BCUT2D eigenvalue weighted by Crippen LogP contribution is -2.63. The summed E-state index contributed by atoms with van der Waals surface area (Å²) in [7, 11) is 3.53. The van der Waals surface area contributed by atoms with Gasteiger partial charge in [0.05, 0.1) is 12.8 Å². The highest BCUT2D eigenvalue weighted by molar-refractivity contribution is 5.45. The molecule has 1 aliphatic heterocycles. The Kier molecular flexibility index (Phi) is 7.13. The zero-order valence-corrected chi connectivity index (χ0v) is 22.7. The molecule has 0 amide bonds. The molecule has 37 heavy (non-hydrogen) atoms. The normalized spacial score (nSPS) is 18.2. The number of aliphatic hydroxyl groups is 2. The Balaban J connectivity index is 1.74. The number of rotatable bonds is 6. The molecular formula is C30H36N4O3. The van der Waals surface area contributed by atoms with Gasteiger partial charge in [0.15, 0.2) is 5.60 Å². The third-order valence-corrected chi connectivity index (χ3v) is 7.23. The Morgan fingerprint density at radius 1 is 1.05 bits per heavy atom. The maximum atomic E-state index is 12.4. The van der Waals surface area contributed by atoms with E-state index in [1.807, 2.05) is 18.2 Å². The average Bonchev–Trinajstić information content (AvgIpc) is 2.86. The van der Waals surface area contributed by atoms with Crippen LogP contribution in [0.4, 0.5) is 0 Å². The van der Waals surface area contributed by atoms with Crippen LogP contribution in [0.2, 0.25) is 0 Å². The number of ether oxygens (including phenoxy) is 1. The number of hydrogen-bond acceptors (Lipinski definition) is 7. The summed E-state index contributed by atoms with van der Waals surface area (Å²) < 4.78 is 5.14.